The van der Waals surface area contributed by atoms with E-state index in [1.54, 1.807) is 26.0 Å². The molecule has 0 aromatic heterocycles. The van der Waals surface area contributed by atoms with E-state index in [-0.39, 0.29) is 29.3 Å². The predicted octanol–water partition coefficient (Wildman–Crippen LogP) is 2.33. The number of fused-ring (bicyclic) bond motifs is 1. The molecule has 0 spiro atoms. The van der Waals surface area contributed by atoms with Crippen LogP contribution in [-0.4, -0.2) is 20.4 Å². The van der Waals surface area contributed by atoms with Crippen LogP contribution in [0.25, 0.3) is 0 Å². The molecule has 1 heterocycles. The number of halogens is 1. The lowest BCUT2D eigenvalue weighted by atomic mass is 10.1. The van der Waals surface area contributed by atoms with Crippen molar-refractivity contribution in [3.63, 3.8) is 0 Å². The van der Waals surface area contributed by atoms with Gasteiger partial charge in [0.05, 0.1) is 4.90 Å². The van der Waals surface area contributed by atoms with E-state index in [1.807, 2.05) is 6.07 Å². The van der Waals surface area contributed by atoms with E-state index in [1.165, 1.54) is 23.3 Å². The molecule has 0 atom stereocenters. The van der Waals surface area contributed by atoms with Crippen molar-refractivity contribution < 1.29 is 13.2 Å². The summed E-state index contributed by atoms with van der Waals surface area (Å²) in [6.07, 6.45) is 0. The van der Waals surface area contributed by atoms with E-state index < -0.39 is 10.0 Å². The highest BCUT2D eigenvalue weighted by Crippen LogP contribution is 2.17. The highest BCUT2D eigenvalue weighted by atomic mass is 35.5. The SMILES string of the molecule is CC(C)NS(=O)(=O)c1cccc(C(=O)NCc2ccc3c(c2)CNC3)c1.Cl. The Morgan fingerprint density at radius 3 is 2.59 bits per heavy atom. The number of benzene rings is 2. The Hall–Kier alpha value is -1.93. The van der Waals surface area contributed by atoms with E-state index in [9.17, 15) is 13.2 Å². The van der Waals surface area contributed by atoms with E-state index in [0.717, 1.165) is 18.7 Å². The van der Waals surface area contributed by atoms with Crippen LogP contribution >= 0.6 is 12.4 Å². The van der Waals surface area contributed by atoms with Gasteiger partial charge in [0.2, 0.25) is 10.0 Å². The van der Waals surface area contributed by atoms with Crippen LogP contribution in [0, 0.1) is 0 Å². The Balaban J connectivity index is 0.00000261. The number of rotatable bonds is 6. The highest BCUT2D eigenvalue weighted by molar-refractivity contribution is 7.89. The fourth-order valence-electron chi connectivity index (χ4n) is 2.93. The van der Waals surface area contributed by atoms with Crippen molar-refractivity contribution in [2.75, 3.05) is 0 Å². The number of nitrogens with one attached hydrogen (secondary N) is 3. The molecule has 0 saturated heterocycles. The number of hydrogen-bond acceptors (Lipinski definition) is 4. The van der Waals surface area contributed by atoms with Gasteiger partial charge in [-0.1, -0.05) is 24.3 Å². The first kappa shape index (κ1) is 21.4. The molecule has 8 heteroatoms. The summed E-state index contributed by atoms with van der Waals surface area (Å²) in [5.41, 5.74) is 3.88. The summed E-state index contributed by atoms with van der Waals surface area (Å²) in [4.78, 5) is 12.5. The molecule has 6 nitrogen and oxygen atoms in total. The standard InChI is InChI=1S/C19H23N3O3S.ClH/c1-13(2)22-26(24,25)18-5-3-4-15(9-18)19(23)21-10-14-6-7-16-11-20-12-17(16)8-14;/h3-9,13,20,22H,10-12H2,1-2H3,(H,21,23);1H. The zero-order valence-corrected chi connectivity index (χ0v) is 16.9. The van der Waals surface area contributed by atoms with Gasteiger partial charge in [-0.25, -0.2) is 13.1 Å². The van der Waals surface area contributed by atoms with E-state index in [0.29, 0.717) is 12.1 Å². The molecule has 27 heavy (non-hydrogen) atoms. The van der Waals surface area contributed by atoms with Crippen molar-refractivity contribution in [3.05, 3.63) is 64.7 Å². The zero-order valence-electron chi connectivity index (χ0n) is 15.3. The van der Waals surface area contributed by atoms with Gasteiger partial charge >= 0.3 is 0 Å². The molecular formula is C19H24ClN3O3S. The topological polar surface area (TPSA) is 87.3 Å². The van der Waals surface area contributed by atoms with Gasteiger partial charge in [-0.2, -0.15) is 0 Å². The first-order valence-electron chi connectivity index (χ1n) is 8.57. The van der Waals surface area contributed by atoms with Crippen LogP contribution in [0.5, 0.6) is 0 Å². The molecule has 2 aromatic rings. The van der Waals surface area contributed by atoms with Gasteiger partial charge < -0.3 is 10.6 Å². The number of carbonyl (C=O) groups is 1. The van der Waals surface area contributed by atoms with Crippen LogP contribution in [0.2, 0.25) is 0 Å². The lowest BCUT2D eigenvalue weighted by molar-refractivity contribution is 0.0950. The summed E-state index contributed by atoms with van der Waals surface area (Å²) in [6.45, 7) is 5.63. The van der Waals surface area contributed by atoms with E-state index >= 15 is 0 Å². The van der Waals surface area contributed by atoms with Crippen molar-refractivity contribution in [2.45, 2.75) is 44.4 Å². The summed E-state index contributed by atoms with van der Waals surface area (Å²) in [7, 11) is -3.63. The maximum Gasteiger partial charge on any atom is 0.251 e. The van der Waals surface area contributed by atoms with E-state index in [2.05, 4.69) is 27.5 Å². The maximum absolute atomic E-state index is 12.4. The number of sulfonamides is 1. The van der Waals surface area contributed by atoms with Crippen molar-refractivity contribution in [1.82, 2.24) is 15.4 Å². The Morgan fingerprint density at radius 2 is 1.85 bits per heavy atom. The largest absolute Gasteiger partial charge is 0.348 e. The highest BCUT2D eigenvalue weighted by Gasteiger charge is 2.17. The van der Waals surface area contributed by atoms with Crippen LogP contribution in [-0.2, 0) is 29.7 Å². The third-order valence-electron chi connectivity index (χ3n) is 4.15. The molecule has 0 saturated carbocycles. The average Bonchev–Trinajstić information content (AvgIpc) is 3.06. The van der Waals surface area contributed by atoms with Gasteiger partial charge in [-0.3, -0.25) is 4.79 Å². The minimum Gasteiger partial charge on any atom is -0.348 e. The van der Waals surface area contributed by atoms with Gasteiger partial charge in [0, 0.05) is 31.2 Å². The Kier molecular flexibility index (Phi) is 7.00. The smallest absolute Gasteiger partial charge is 0.251 e. The third-order valence-corrected chi connectivity index (χ3v) is 5.81. The van der Waals surface area contributed by atoms with E-state index in [4.69, 9.17) is 0 Å². The van der Waals surface area contributed by atoms with Crippen molar-refractivity contribution >= 4 is 28.3 Å². The maximum atomic E-state index is 12.4. The monoisotopic (exact) mass is 409 g/mol. The molecule has 3 N–H and O–H groups in total. The van der Waals surface area contributed by atoms with Crippen LogP contribution in [0.3, 0.4) is 0 Å². The predicted molar refractivity (Wildman–Crippen MR) is 107 cm³/mol. The first-order chi connectivity index (χ1) is 12.3. The summed E-state index contributed by atoms with van der Waals surface area (Å²) >= 11 is 0. The van der Waals surface area contributed by atoms with Crippen LogP contribution < -0.4 is 15.4 Å². The summed E-state index contributed by atoms with van der Waals surface area (Å²) in [5.74, 6) is -0.301. The molecule has 1 aliphatic rings. The second kappa shape index (κ2) is 8.84. The fourth-order valence-corrected chi connectivity index (χ4v) is 4.22. The zero-order chi connectivity index (χ0) is 18.7. The minimum absolute atomic E-state index is 0. The molecule has 146 valence electrons. The van der Waals surface area contributed by atoms with Gasteiger partial charge in [0.1, 0.15) is 0 Å². The molecule has 0 fully saturated rings. The molecule has 0 bridgehead atoms. The number of carbonyl (C=O) groups excluding carboxylic acids is 1. The molecule has 1 aliphatic heterocycles. The number of hydrogen-bond donors (Lipinski definition) is 3. The van der Waals surface area contributed by atoms with Gasteiger partial charge in [0.15, 0.2) is 0 Å². The summed E-state index contributed by atoms with van der Waals surface area (Å²) < 4.78 is 27.0. The van der Waals surface area contributed by atoms with Crippen molar-refractivity contribution in [1.29, 1.82) is 0 Å². The molecule has 0 aliphatic carbocycles. The van der Waals surface area contributed by atoms with Crippen LogP contribution in [0.4, 0.5) is 0 Å². The lowest BCUT2D eigenvalue weighted by Gasteiger charge is -2.11. The normalized spacial score (nSPS) is 13.1. The van der Waals surface area contributed by atoms with Crippen molar-refractivity contribution in [3.8, 4) is 0 Å². The Labute approximate surface area is 166 Å². The van der Waals surface area contributed by atoms with Crippen molar-refractivity contribution in [2.24, 2.45) is 0 Å². The molecular weight excluding hydrogens is 386 g/mol. The molecule has 1 amide bonds. The second-order valence-corrected chi connectivity index (χ2v) is 8.41. The molecule has 3 rings (SSSR count). The summed E-state index contributed by atoms with van der Waals surface area (Å²) in [5, 5.41) is 6.14. The van der Waals surface area contributed by atoms with Gasteiger partial charge in [-0.15, -0.1) is 12.4 Å². The molecule has 0 unspecified atom stereocenters. The second-order valence-electron chi connectivity index (χ2n) is 6.69. The summed E-state index contributed by atoms with van der Waals surface area (Å²) in [6, 6.07) is 12.0. The Morgan fingerprint density at radius 1 is 1.11 bits per heavy atom. The fraction of sp³-hybridized carbons (Fsp3) is 0.316. The lowest BCUT2D eigenvalue weighted by Crippen LogP contribution is -2.30. The molecule has 0 radical (unpaired) electrons. The molecule has 2 aromatic carbocycles. The first-order valence-corrected chi connectivity index (χ1v) is 10.1. The van der Waals surface area contributed by atoms with Gasteiger partial charge in [-0.05, 0) is 48.7 Å². The number of amides is 1. The average molecular weight is 410 g/mol. The van der Waals surface area contributed by atoms with Crippen LogP contribution in [0.15, 0.2) is 47.4 Å². The minimum atomic E-state index is -3.63. The van der Waals surface area contributed by atoms with Crippen LogP contribution in [0.1, 0.15) is 40.9 Å². The quantitative estimate of drug-likeness (QED) is 0.683. The third kappa shape index (κ3) is 5.29. The van der Waals surface area contributed by atoms with Gasteiger partial charge in [0.25, 0.3) is 5.91 Å². The Bertz CT molecular complexity index is 930.